The van der Waals surface area contributed by atoms with Gasteiger partial charge in [-0.2, -0.15) is 8.42 Å². The first kappa shape index (κ1) is 16.2. The summed E-state index contributed by atoms with van der Waals surface area (Å²) in [6, 6.07) is 10.6. The van der Waals surface area contributed by atoms with E-state index >= 15 is 0 Å². The molecule has 0 fully saturated rings. The maximum atomic E-state index is 14.3. The highest BCUT2D eigenvalue weighted by molar-refractivity contribution is 7.90. The Bertz CT molecular complexity index is 982. The van der Waals surface area contributed by atoms with Gasteiger partial charge in [0.25, 0.3) is 10.0 Å². The minimum absolute atomic E-state index is 0.125. The zero-order chi connectivity index (χ0) is 17.3. The van der Waals surface area contributed by atoms with Gasteiger partial charge in [-0.05, 0) is 31.2 Å². The Labute approximate surface area is 139 Å². The molecular weight excluding hydrogens is 331 g/mol. The third kappa shape index (κ3) is 2.56. The first-order chi connectivity index (χ1) is 11.5. The van der Waals surface area contributed by atoms with E-state index in [-0.39, 0.29) is 16.3 Å². The highest BCUT2D eigenvalue weighted by Crippen LogP contribution is 2.37. The summed E-state index contributed by atoms with van der Waals surface area (Å²) >= 11 is 0. The molecule has 24 heavy (non-hydrogen) atoms. The average Bonchev–Trinajstić information content (AvgIpc) is 2.93. The second-order valence-corrected chi connectivity index (χ2v) is 6.90. The zero-order valence-electron chi connectivity index (χ0n) is 13.1. The molecule has 2 heterocycles. The summed E-state index contributed by atoms with van der Waals surface area (Å²) in [5.74, 6) is -0.231. The fourth-order valence-corrected chi connectivity index (χ4v) is 3.89. The molecule has 124 valence electrons. The van der Waals surface area contributed by atoms with Gasteiger partial charge in [-0.15, -0.1) is 0 Å². The largest absolute Gasteiger partial charge is 0.494 e. The summed E-state index contributed by atoms with van der Waals surface area (Å²) in [5.41, 5.74) is 0.857. The van der Waals surface area contributed by atoms with Gasteiger partial charge in [-0.3, -0.25) is 0 Å². The number of halogens is 1. The van der Waals surface area contributed by atoms with Crippen molar-refractivity contribution >= 4 is 10.0 Å². The summed E-state index contributed by atoms with van der Waals surface area (Å²) in [4.78, 5) is 3.91. The minimum Gasteiger partial charge on any atom is -0.494 e. The molecule has 5 nitrogen and oxygen atoms in total. The molecule has 0 saturated carbocycles. The van der Waals surface area contributed by atoms with E-state index < -0.39 is 15.8 Å². The van der Waals surface area contributed by atoms with Gasteiger partial charge in [0, 0.05) is 23.5 Å². The number of methoxy groups -OCH3 is 1. The Morgan fingerprint density at radius 2 is 1.83 bits per heavy atom. The first-order valence-corrected chi connectivity index (χ1v) is 8.58. The maximum Gasteiger partial charge on any atom is 0.285 e. The molecule has 0 radical (unpaired) electrons. The fourth-order valence-electron chi connectivity index (χ4n) is 2.53. The van der Waals surface area contributed by atoms with E-state index in [1.807, 2.05) is 0 Å². The molecule has 0 aliphatic heterocycles. The van der Waals surface area contributed by atoms with Crippen molar-refractivity contribution in [1.82, 2.24) is 8.96 Å². The predicted molar refractivity (Wildman–Crippen MR) is 87.9 cm³/mol. The number of rotatable bonds is 4. The van der Waals surface area contributed by atoms with E-state index in [1.54, 1.807) is 31.2 Å². The molecule has 0 bridgehead atoms. The van der Waals surface area contributed by atoms with Gasteiger partial charge in [-0.25, -0.2) is 13.3 Å². The van der Waals surface area contributed by atoms with Crippen LogP contribution in [0.25, 0.3) is 11.3 Å². The molecule has 7 heteroatoms. The van der Waals surface area contributed by atoms with Crippen LogP contribution >= 0.6 is 0 Å². The predicted octanol–water partition coefficient (Wildman–Crippen LogP) is 3.24. The van der Waals surface area contributed by atoms with Crippen LogP contribution in [0.15, 0.2) is 59.9 Å². The molecule has 0 N–H and O–H groups in total. The van der Waals surface area contributed by atoms with E-state index in [2.05, 4.69) is 4.98 Å². The molecule has 0 amide bonds. The van der Waals surface area contributed by atoms with Crippen molar-refractivity contribution in [1.29, 1.82) is 0 Å². The fraction of sp³-hybridized carbons (Fsp3) is 0.118. The normalized spacial score (nSPS) is 11.5. The van der Waals surface area contributed by atoms with Crippen LogP contribution in [0.3, 0.4) is 0 Å². The lowest BCUT2D eigenvalue weighted by Gasteiger charge is -2.12. The van der Waals surface area contributed by atoms with Crippen LogP contribution in [-0.4, -0.2) is 24.5 Å². The first-order valence-electron chi connectivity index (χ1n) is 7.14. The van der Waals surface area contributed by atoms with Gasteiger partial charge in [0.05, 0.1) is 7.11 Å². The Kier molecular flexibility index (Phi) is 4.11. The van der Waals surface area contributed by atoms with Crippen LogP contribution in [0.2, 0.25) is 0 Å². The van der Waals surface area contributed by atoms with Gasteiger partial charge < -0.3 is 4.74 Å². The van der Waals surface area contributed by atoms with Crippen LogP contribution in [0.4, 0.5) is 4.39 Å². The Morgan fingerprint density at radius 3 is 2.46 bits per heavy atom. The molecule has 0 unspecified atom stereocenters. The second kappa shape index (κ2) is 6.09. The molecule has 3 aromatic rings. The van der Waals surface area contributed by atoms with E-state index in [9.17, 15) is 12.8 Å². The molecule has 3 rings (SSSR count). The van der Waals surface area contributed by atoms with Crippen LogP contribution < -0.4 is 4.74 Å². The minimum atomic E-state index is -3.99. The Morgan fingerprint density at radius 1 is 1.12 bits per heavy atom. The second-order valence-electron chi connectivity index (χ2n) is 5.14. The van der Waals surface area contributed by atoms with Crippen LogP contribution in [0.1, 0.15) is 5.56 Å². The Balaban J connectivity index is 2.33. The van der Waals surface area contributed by atoms with Gasteiger partial charge in [0.1, 0.15) is 17.3 Å². The van der Waals surface area contributed by atoms with Crippen molar-refractivity contribution in [3.05, 3.63) is 66.2 Å². The summed E-state index contributed by atoms with van der Waals surface area (Å²) in [6.45, 7) is 1.70. The maximum absolute atomic E-state index is 14.3. The smallest absolute Gasteiger partial charge is 0.285 e. The lowest BCUT2D eigenvalue weighted by atomic mass is 10.1. The van der Waals surface area contributed by atoms with Crippen molar-refractivity contribution in [2.45, 2.75) is 11.9 Å². The average molecular weight is 346 g/mol. The molecule has 0 spiro atoms. The Hall–Kier alpha value is -2.67. The van der Waals surface area contributed by atoms with E-state index in [0.29, 0.717) is 11.3 Å². The number of pyridine rings is 1. The van der Waals surface area contributed by atoms with Crippen LogP contribution in [0, 0.1) is 12.7 Å². The third-order valence-electron chi connectivity index (χ3n) is 3.60. The van der Waals surface area contributed by atoms with Gasteiger partial charge in [0.15, 0.2) is 5.03 Å². The summed E-state index contributed by atoms with van der Waals surface area (Å²) in [5, 5.41) is -0.125. The number of nitrogens with zero attached hydrogens (tertiary/aromatic N) is 2. The number of ether oxygens (including phenoxy) is 1. The molecule has 0 aliphatic rings. The summed E-state index contributed by atoms with van der Waals surface area (Å²) < 4.78 is 46.5. The topological polar surface area (TPSA) is 61.2 Å². The van der Waals surface area contributed by atoms with E-state index in [0.717, 1.165) is 3.97 Å². The van der Waals surface area contributed by atoms with Gasteiger partial charge >= 0.3 is 0 Å². The SMILES string of the molecule is COc1c(C)cn(S(=O)(=O)c2ccccn2)c1-c1ccccc1F. The number of hydrogen-bond donors (Lipinski definition) is 0. The molecule has 0 aliphatic carbocycles. The van der Waals surface area contributed by atoms with Crippen molar-refractivity contribution in [3.63, 3.8) is 0 Å². The quantitative estimate of drug-likeness (QED) is 0.728. The van der Waals surface area contributed by atoms with E-state index in [4.69, 9.17) is 4.74 Å². The third-order valence-corrected chi connectivity index (χ3v) is 5.17. The molecule has 1 aromatic carbocycles. The van der Waals surface area contributed by atoms with Crippen molar-refractivity contribution in [3.8, 4) is 17.0 Å². The highest BCUT2D eigenvalue weighted by Gasteiger charge is 2.27. The van der Waals surface area contributed by atoms with Crippen molar-refractivity contribution in [2.24, 2.45) is 0 Å². The number of aryl methyl sites for hydroxylation is 1. The number of hydrogen-bond acceptors (Lipinski definition) is 4. The standard InChI is InChI=1S/C17H15FN2O3S/c1-12-11-20(24(21,22)15-9-5-6-10-19-15)16(17(12)23-2)13-7-3-4-8-14(13)18/h3-11H,1-2H3. The zero-order valence-corrected chi connectivity index (χ0v) is 13.9. The van der Waals surface area contributed by atoms with Gasteiger partial charge in [-0.1, -0.05) is 18.2 Å². The molecule has 2 aromatic heterocycles. The van der Waals surface area contributed by atoms with Crippen LogP contribution in [-0.2, 0) is 10.0 Å². The number of aromatic nitrogens is 2. The molecule has 0 atom stereocenters. The lowest BCUT2D eigenvalue weighted by molar-refractivity contribution is 0.413. The van der Waals surface area contributed by atoms with Gasteiger partial charge in [0.2, 0.25) is 0 Å². The monoisotopic (exact) mass is 346 g/mol. The van der Waals surface area contributed by atoms with Crippen molar-refractivity contribution in [2.75, 3.05) is 7.11 Å². The molecular formula is C17H15FN2O3S. The van der Waals surface area contributed by atoms with Crippen LogP contribution in [0.5, 0.6) is 5.75 Å². The van der Waals surface area contributed by atoms with Crippen molar-refractivity contribution < 1.29 is 17.5 Å². The molecule has 0 saturated heterocycles. The van der Waals surface area contributed by atoms with E-state index in [1.165, 1.54) is 37.7 Å². The summed E-state index contributed by atoms with van der Waals surface area (Å²) in [7, 11) is -2.57. The summed E-state index contributed by atoms with van der Waals surface area (Å²) in [6.07, 6.45) is 2.80. The highest BCUT2D eigenvalue weighted by atomic mass is 32.2. The number of benzene rings is 1. The lowest BCUT2D eigenvalue weighted by Crippen LogP contribution is -2.15.